The van der Waals surface area contributed by atoms with Crippen molar-refractivity contribution < 1.29 is 48.8 Å². The molecule has 0 aromatic heterocycles. The average Bonchev–Trinajstić information content (AvgIpc) is 3.16. The van der Waals surface area contributed by atoms with E-state index >= 15 is 0 Å². The minimum atomic E-state index is -1.54. The molecule has 4 fully saturated rings. The van der Waals surface area contributed by atoms with E-state index in [1.165, 1.54) is 6.26 Å². The van der Waals surface area contributed by atoms with Gasteiger partial charge in [0.05, 0.1) is 18.8 Å². The fourth-order valence-electron chi connectivity index (χ4n) is 5.18. The van der Waals surface area contributed by atoms with Crippen LogP contribution in [0.2, 0.25) is 0 Å². The van der Waals surface area contributed by atoms with E-state index in [1.54, 1.807) is 0 Å². The lowest BCUT2D eigenvalue weighted by Gasteiger charge is -2.45. The predicted octanol–water partition coefficient (Wildman–Crippen LogP) is -1.65. The van der Waals surface area contributed by atoms with Gasteiger partial charge in [-0.15, -0.1) is 0 Å². The van der Waals surface area contributed by atoms with Gasteiger partial charge in [0.2, 0.25) is 6.29 Å². The molecule has 4 heterocycles. The molecule has 1 unspecified atom stereocenters. The summed E-state index contributed by atoms with van der Waals surface area (Å²) >= 11 is 0. The Bertz CT molecular complexity index is 681. The highest BCUT2D eigenvalue weighted by atomic mass is 16.8. The quantitative estimate of drug-likeness (QED) is 0.406. The third kappa shape index (κ3) is 2.41. The summed E-state index contributed by atoms with van der Waals surface area (Å²) in [6.07, 6.45) is -5.09. The van der Waals surface area contributed by atoms with Gasteiger partial charge in [-0.05, 0) is 26.8 Å². The first-order valence-electron chi connectivity index (χ1n) is 9.48. The lowest BCUT2D eigenvalue weighted by atomic mass is 9.82. The van der Waals surface area contributed by atoms with Crippen molar-refractivity contribution in [3.05, 3.63) is 12.3 Å². The van der Waals surface area contributed by atoms with E-state index in [2.05, 4.69) is 0 Å². The minimum absolute atomic E-state index is 0.188. The zero-order chi connectivity index (χ0) is 20.1. The first-order chi connectivity index (χ1) is 13.1. The Morgan fingerprint density at radius 2 is 1.71 bits per heavy atom. The van der Waals surface area contributed by atoms with Crippen LogP contribution in [-0.2, 0) is 28.4 Å². The number of aliphatic hydroxyl groups is 4. The van der Waals surface area contributed by atoms with Gasteiger partial charge in [0.15, 0.2) is 12.1 Å². The molecule has 0 aromatic rings. The molecule has 4 N–H and O–H groups in total. The summed E-state index contributed by atoms with van der Waals surface area (Å²) in [7, 11) is 0. The fourth-order valence-corrected chi connectivity index (χ4v) is 5.18. The molecule has 158 valence electrons. The van der Waals surface area contributed by atoms with Crippen LogP contribution in [0.1, 0.15) is 20.8 Å². The lowest BCUT2D eigenvalue weighted by molar-refractivity contribution is -0.349. The van der Waals surface area contributed by atoms with E-state index in [1.807, 2.05) is 26.8 Å². The Balaban J connectivity index is 1.42. The van der Waals surface area contributed by atoms with Crippen LogP contribution in [0, 0.1) is 5.92 Å². The SMILES string of the molecule is CC1(C)O[C@@H]2[C@@H]3O[C@]3(C)C3[C@H](O[C@@H]4O[C@H](CO)[C@@H](O)[C@H](O)[C@H]4O)OC=C[C@]32O1. The van der Waals surface area contributed by atoms with E-state index in [-0.39, 0.29) is 12.2 Å². The fraction of sp³-hybridized carbons (Fsp3) is 0.889. The Labute approximate surface area is 161 Å². The van der Waals surface area contributed by atoms with Gasteiger partial charge in [-0.1, -0.05) is 0 Å². The van der Waals surface area contributed by atoms with Crippen LogP contribution in [0.4, 0.5) is 0 Å². The Morgan fingerprint density at radius 3 is 2.43 bits per heavy atom. The number of ether oxygens (including phenoxy) is 6. The number of hydrogen-bond acceptors (Lipinski definition) is 10. The molecule has 10 heteroatoms. The topological polar surface area (TPSA) is 140 Å². The largest absolute Gasteiger partial charge is 0.472 e. The molecule has 10 nitrogen and oxygen atoms in total. The van der Waals surface area contributed by atoms with Gasteiger partial charge >= 0.3 is 0 Å². The molecule has 28 heavy (non-hydrogen) atoms. The molecule has 5 aliphatic rings. The standard InChI is InChI=1S/C18H26O10/c1-16(2)26-13-12-17(3,27-12)11-15(23-5-4-18(11,13)28-16)25-14-10(22)9(21)8(20)7(6-19)24-14/h4-5,7-15,19-22H,6H2,1-3H3/t7-,8-,9+,10-,11?,12+,13-,14+,15+,17-,18+/m1/s1. The van der Waals surface area contributed by atoms with E-state index in [4.69, 9.17) is 28.4 Å². The summed E-state index contributed by atoms with van der Waals surface area (Å²) in [5.74, 6) is -1.24. The van der Waals surface area contributed by atoms with Crippen molar-refractivity contribution in [3.8, 4) is 0 Å². The highest BCUT2D eigenvalue weighted by molar-refractivity contribution is 5.34. The van der Waals surface area contributed by atoms with E-state index in [0.717, 1.165) is 0 Å². The maximum Gasteiger partial charge on any atom is 0.210 e. The van der Waals surface area contributed by atoms with Crippen molar-refractivity contribution in [3.63, 3.8) is 0 Å². The molecule has 11 atom stereocenters. The summed E-state index contributed by atoms with van der Waals surface area (Å²) in [6, 6.07) is 0. The Morgan fingerprint density at radius 1 is 0.964 bits per heavy atom. The van der Waals surface area contributed by atoms with Gasteiger partial charge in [-0.2, -0.15) is 0 Å². The van der Waals surface area contributed by atoms with E-state index in [9.17, 15) is 20.4 Å². The molecular formula is C18H26O10. The maximum atomic E-state index is 10.3. The van der Waals surface area contributed by atoms with Crippen LogP contribution >= 0.6 is 0 Å². The zero-order valence-corrected chi connectivity index (χ0v) is 15.8. The number of epoxide rings is 1. The molecule has 1 saturated carbocycles. The molecule has 5 rings (SSSR count). The number of fused-ring (bicyclic) bond motifs is 3. The van der Waals surface area contributed by atoms with Gasteiger partial charge in [0.25, 0.3) is 0 Å². The second-order valence-electron chi connectivity index (χ2n) is 8.73. The molecular weight excluding hydrogens is 376 g/mol. The monoisotopic (exact) mass is 402 g/mol. The van der Waals surface area contributed by atoms with Crippen LogP contribution in [0.3, 0.4) is 0 Å². The minimum Gasteiger partial charge on any atom is -0.472 e. The van der Waals surface area contributed by atoms with E-state index < -0.39 is 66.5 Å². The van der Waals surface area contributed by atoms with Gasteiger partial charge in [0.1, 0.15) is 47.8 Å². The third-order valence-corrected chi connectivity index (χ3v) is 6.48. The second kappa shape index (κ2) is 5.87. The van der Waals surface area contributed by atoms with Crippen molar-refractivity contribution in [1.82, 2.24) is 0 Å². The Hall–Kier alpha value is -0.820. The van der Waals surface area contributed by atoms with Crippen LogP contribution < -0.4 is 0 Å². The third-order valence-electron chi connectivity index (χ3n) is 6.48. The summed E-state index contributed by atoms with van der Waals surface area (Å²) in [5, 5.41) is 39.6. The average molecular weight is 402 g/mol. The first kappa shape index (κ1) is 19.2. The molecule has 1 spiro atoms. The first-order valence-corrected chi connectivity index (χ1v) is 9.48. The molecule has 4 aliphatic heterocycles. The zero-order valence-electron chi connectivity index (χ0n) is 15.8. The van der Waals surface area contributed by atoms with Crippen molar-refractivity contribution in [2.45, 2.75) is 87.0 Å². The van der Waals surface area contributed by atoms with Crippen molar-refractivity contribution in [2.24, 2.45) is 5.92 Å². The summed E-state index contributed by atoms with van der Waals surface area (Å²) in [5.41, 5.74) is -1.43. The Kier molecular flexibility index (Phi) is 4.02. The molecule has 0 aromatic carbocycles. The van der Waals surface area contributed by atoms with Crippen LogP contribution in [0.5, 0.6) is 0 Å². The normalized spacial score (nSPS) is 58.6. The van der Waals surface area contributed by atoms with Gasteiger partial charge < -0.3 is 48.8 Å². The van der Waals surface area contributed by atoms with Crippen LogP contribution in [-0.4, -0.2) is 93.2 Å². The molecule has 0 amide bonds. The number of hydrogen-bond donors (Lipinski definition) is 4. The van der Waals surface area contributed by atoms with Crippen molar-refractivity contribution in [2.75, 3.05) is 6.61 Å². The van der Waals surface area contributed by atoms with E-state index in [0.29, 0.717) is 0 Å². The predicted molar refractivity (Wildman–Crippen MR) is 88.4 cm³/mol. The molecule has 0 radical (unpaired) electrons. The smallest absolute Gasteiger partial charge is 0.210 e. The summed E-state index contributed by atoms with van der Waals surface area (Å²) < 4.78 is 35.3. The van der Waals surface area contributed by atoms with Gasteiger partial charge in [-0.3, -0.25) is 0 Å². The van der Waals surface area contributed by atoms with Crippen LogP contribution in [0.15, 0.2) is 12.3 Å². The molecule has 3 saturated heterocycles. The highest BCUT2D eigenvalue weighted by Gasteiger charge is 2.83. The van der Waals surface area contributed by atoms with Gasteiger partial charge in [-0.25, -0.2) is 0 Å². The van der Waals surface area contributed by atoms with Crippen LogP contribution in [0.25, 0.3) is 0 Å². The van der Waals surface area contributed by atoms with Gasteiger partial charge in [0, 0.05) is 0 Å². The molecule has 0 bridgehead atoms. The summed E-state index contributed by atoms with van der Waals surface area (Å²) in [4.78, 5) is 0. The second-order valence-corrected chi connectivity index (χ2v) is 8.73. The number of aliphatic hydroxyl groups excluding tert-OH is 4. The maximum absolute atomic E-state index is 10.3. The highest BCUT2D eigenvalue weighted by Crippen LogP contribution is 2.67. The van der Waals surface area contributed by atoms with Crippen molar-refractivity contribution in [1.29, 1.82) is 0 Å². The van der Waals surface area contributed by atoms with Crippen molar-refractivity contribution >= 4 is 0 Å². The molecule has 1 aliphatic carbocycles. The summed E-state index contributed by atoms with van der Waals surface area (Å²) in [6.45, 7) is 5.04. The number of rotatable bonds is 3. The lowest BCUT2D eigenvalue weighted by Crippen LogP contribution is -2.61.